The van der Waals surface area contributed by atoms with E-state index in [1.54, 1.807) is 66.5 Å². The summed E-state index contributed by atoms with van der Waals surface area (Å²) in [7, 11) is 1.75. The molecule has 0 aliphatic heterocycles. The van der Waals surface area contributed by atoms with Gasteiger partial charge in [0.25, 0.3) is 0 Å². The first-order chi connectivity index (χ1) is 14.4. The number of hydrogen-bond donors (Lipinski definition) is 3. The number of nitrogens with one attached hydrogen (secondary N) is 2. The molecule has 0 aliphatic rings. The summed E-state index contributed by atoms with van der Waals surface area (Å²) >= 11 is 6.22. The number of halogens is 2. The average Bonchev–Trinajstić information content (AvgIpc) is 3.12. The van der Waals surface area contributed by atoms with Crippen molar-refractivity contribution in [3.8, 4) is 0 Å². The van der Waals surface area contributed by atoms with Crippen LogP contribution < -0.4 is 16.4 Å². The monoisotopic (exact) mass is 429 g/mol. The predicted molar refractivity (Wildman–Crippen MR) is 111 cm³/mol. The van der Waals surface area contributed by atoms with E-state index in [0.29, 0.717) is 16.4 Å². The lowest BCUT2D eigenvalue weighted by molar-refractivity contribution is -0.122. The summed E-state index contributed by atoms with van der Waals surface area (Å²) in [6.45, 7) is 0. The number of amides is 3. The lowest BCUT2D eigenvalue weighted by atomic mass is 10.0. The fourth-order valence-electron chi connectivity index (χ4n) is 3.22. The normalized spacial score (nSPS) is 12.8. The van der Waals surface area contributed by atoms with Crippen LogP contribution in [0, 0.1) is 5.82 Å². The van der Waals surface area contributed by atoms with E-state index >= 15 is 0 Å². The molecule has 7 nitrogen and oxygen atoms in total. The third kappa shape index (κ3) is 4.96. The van der Waals surface area contributed by atoms with E-state index in [1.165, 1.54) is 6.07 Å². The molecule has 3 aromatic rings. The lowest BCUT2D eigenvalue weighted by Crippen LogP contribution is -2.38. The molecule has 0 bridgehead atoms. The van der Waals surface area contributed by atoms with E-state index in [4.69, 9.17) is 17.3 Å². The van der Waals surface area contributed by atoms with Crippen LogP contribution in [0.15, 0.2) is 60.9 Å². The van der Waals surface area contributed by atoms with Gasteiger partial charge in [-0.05, 0) is 17.7 Å². The van der Waals surface area contributed by atoms with Gasteiger partial charge in [-0.25, -0.2) is 14.2 Å². The van der Waals surface area contributed by atoms with Crippen LogP contribution in [0.25, 0.3) is 0 Å². The van der Waals surface area contributed by atoms with Gasteiger partial charge < -0.3 is 20.9 Å². The Balaban J connectivity index is 1.88. The van der Waals surface area contributed by atoms with Gasteiger partial charge in [-0.3, -0.25) is 4.79 Å². The Hall–Kier alpha value is -3.39. The first kappa shape index (κ1) is 21.3. The van der Waals surface area contributed by atoms with Gasteiger partial charge in [0.2, 0.25) is 5.91 Å². The van der Waals surface area contributed by atoms with Crippen LogP contribution in [0.5, 0.6) is 0 Å². The molecule has 9 heteroatoms. The summed E-state index contributed by atoms with van der Waals surface area (Å²) in [4.78, 5) is 28.6. The van der Waals surface area contributed by atoms with Gasteiger partial charge in [-0.15, -0.1) is 0 Å². The van der Waals surface area contributed by atoms with E-state index in [-0.39, 0.29) is 12.0 Å². The van der Waals surface area contributed by atoms with Crippen molar-refractivity contribution < 1.29 is 14.0 Å². The molecule has 4 N–H and O–H groups in total. The maximum Gasteiger partial charge on any atom is 0.312 e. The van der Waals surface area contributed by atoms with Crippen molar-refractivity contribution in [3.05, 3.63) is 88.7 Å². The Morgan fingerprint density at radius 1 is 1.13 bits per heavy atom. The zero-order chi connectivity index (χ0) is 21.7. The fraction of sp³-hybridized carbons (Fsp3) is 0.190. The average molecular weight is 430 g/mol. The van der Waals surface area contributed by atoms with Crippen LogP contribution in [0.2, 0.25) is 5.02 Å². The molecule has 2 aromatic carbocycles. The number of nitrogens with zero attached hydrogens (tertiary/aromatic N) is 2. The molecule has 0 radical (unpaired) electrons. The molecule has 156 valence electrons. The highest BCUT2D eigenvalue weighted by Crippen LogP contribution is 2.27. The van der Waals surface area contributed by atoms with Crippen molar-refractivity contribution in [3.63, 3.8) is 0 Å². The number of carbonyl (C=O) groups is 2. The minimum atomic E-state index is -0.820. The quantitative estimate of drug-likeness (QED) is 0.537. The van der Waals surface area contributed by atoms with Gasteiger partial charge >= 0.3 is 6.03 Å². The maximum absolute atomic E-state index is 14.5. The second-order valence-corrected chi connectivity index (χ2v) is 7.11. The third-order valence-corrected chi connectivity index (χ3v) is 4.97. The van der Waals surface area contributed by atoms with Gasteiger partial charge in [0.15, 0.2) is 0 Å². The number of aromatic nitrogens is 2. The number of carbonyl (C=O) groups excluding carboxylic acids is 2. The van der Waals surface area contributed by atoms with Gasteiger partial charge in [0.1, 0.15) is 17.7 Å². The largest absolute Gasteiger partial charge is 0.352 e. The van der Waals surface area contributed by atoms with Crippen LogP contribution in [0.4, 0.5) is 9.18 Å². The molecule has 1 aromatic heterocycles. The second-order valence-electron chi connectivity index (χ2n) is 6.71. The Morgan fingerprint density at radius 3 is 2.40 bits per heavy atom. The Kier molecular flexibility index (Phi) is 6.68. The zero-order valence-corrected chi connectivity index (χ0v) is 16.9. The Labute approximate surface area is 178 Å². The molecular formula is C21H21ClFN5O2. The molecule has 30 heavy (non-hydrogen) atoms. The van der Waals surface area contributed by atoms with Gasteiger partial charge in [0, 0.05) is 30.0 Å². The first-order valence-electron chi connectivity index (χ1n) is 9.18. The molecule has 1 heterocycles. The van der Waals surface area contributed by atoms with E-state index < -0.39 is 29.8 Å². The summed E-state index contributed by atoms with van der Waals surface area (Å²) in [5, 5.41) is 5.74. The summed E-state index contributed by atoms with van der Waals surface area (Å²) in [6, 6.07) is 10.6. The number of nitrogens with two attached hydrogens (primary N) is 1. The molecule has 0 spiro atoms. The van der Waals surface area contributed by atoms with Crippen molar-refractivity contribution in [2.45, 2.75) is 18.5 Å². The van der Waals surface area contributed by atoms with E-state index in [0.717, 1.165) is 0 Å². The molecule has 3 amide bonds. The minimum Gasteiger partial charge on any atom is -0.352 e. The highest BCUT2D eigenvalue weighted by Gasteiger charge is 2.26. The van der Waals surface area contributed by atoms with Gasteiger partial charge in [0.05, 0.1) is 12.5 Å². The number of imidazole rings is 1. The van der Waals surface area contributed by atoms with Crippen LogP contribution in [-0.4, -0.2) is 21.5 Å². The van der Waals surface area contributed by atoms with Gasteiger partial charge in [-0.1, -0.05) is 48.0 Å². The van der Waals surface area contributed by atoms with Crippen molar-refractivity contribution in [1.29, 1.82) is 0 Å². The third-order valence-electron chi connectivity index (χ3n) is 4.62. The minimum absolute atomic E-state index is 0.151. The van der Waals surface area contributed by atoms with E-state index in [2.05, 4.69) is 15.6 Å². The molecule has 2 atom stereocenters. The second kappa shape index (κ2) is 9.41. The molecular weight excluding hydrogens is 409 g/mol. The number of benzene rings is 2. The molecule has 3 rings (SSSR count). The molecule has 0 fully saturated rings. The number of rotatable bonds is 7. The van der Waals surface area contributed by atoms with E-state index in [9.17, 15) is 14.0 Å². The maximum atomic E-state index is 14.5. The topological polar surface area (TPSA) is 102 Å². The standard InChI is InChI=1S/C21H21ClFN5O2/c1-28-11-10-25-20(28)19(14-7-3-5-9-16(14)23)27-18(29)12-17(26-21(24)30)13-6-2-4-8-15(13)22/h2-11,17,19H,12H2,1H3,(H,27,29)(H3,24,26,30)/t17-,19-/m0/s1. The first-order valence-corrected chi connectivity index (χ1v) is 9.56. The Morgan fingerprint density at radius 2 is 1.80 bits per heavy atom. The molecule has 0 aliphatic carbocycles. The van der Waals surface area contributed by atoms with Crippen LogP contribution in [-0.2, 0) is 11.8 Å². The van der Waals surface area contributed by atoms with Crippen LogP contribution in [0.3, 0.4) is 0 Å². The summed E-state index contributed by atoms with van der Waals surface area (Å²) in [5.41, 5.74) is 6.10. The summed E-state index contributed by atoms with van der Waals surface area (Å²) in [5.74, 6) is -0.445. The molecule has 0 saturated carbocycles. The van der Waals surface area contributed by atoms with Crippen molar-refractivity contribution >= 4 is 23.5 Å². The number of hydrogen-bond acceptors (Lipinski definition) is 3. The van der Waals surface area contributed by atoms with Crippen LogP contribution in [0.1, 0.15) is 35.5 Å². The fourth-order valence-corrected chi connectivity index (χ4v) is 3.49. The van der Waals surface area contributed by atoms with Crippen molar-refractivity contribution in [2.24, 2.45) is 12.8 Å². The van der Waals surface area contributed by atoms with E-state index in [1.807, 2.05) is 0 Å². The predicted octanol–water partition coefficient (Wildman–Crippen LogP) is 3.22. The highest BCUT2D eigenvalue weighted by molar-refractivity contribution is 6.31. The SMILES string of the molecule is Cn1ccnc1[C@@H](NC(=O)C[C@H](NC(N)=O)c1ccccc1Cl)c1ccccc1F. The zero-order valence-electron chi connectivity index (χ0n) is 16.2. The highest BCUT2D eigenvalue weighted by atomic mass is 35.5. The molecule has 0 unspecified atom stereocenters. The summed E-state index contributed by atoms with van der Waals surface area (Å²) in [6.07, 6.45) is 3.12. The molecule has 0 saturated heterocycles. The summed E-state index contributed by atoms with van der Waals surface area (Å²) < 4.78 is 16.2. The van der Waals surface area contributed by atoms with Crippen molar-refractivity contribution in [2.75, 3.05) is 0 Å². The number of urea groups is 1. The lowest BCUT2D eigenvalue weighted by Gasteiger charge is -2.23. The van der Waals surface area contributed by atoms with Crippen molar-refractivity contribution in [1.82, 2.24) is 20.2 Å². The Bertz CT molecular complexity index is 1060. The van der Waals surface area contributed by atoms with Gasteiger partial charge in [-0.2, -0.15) is 0 Å². The number of primary amides is 1. The van der Waals surface area contributed by atoms with Crippen LogP contribution >= 0.6 is 11.6 Å². The number of aryl methyl sites for hydroxylation is 1. The smallest absolute Gasteiger partial charge is 0.312 e.